The summed E-state index contributed by atoms with van der Waals surface area (Å²) in [6.07, 6.45) is 13.0. The fraction of sp³-hybridized carbons (Fsp3) is 0.500. The van der Waals surface area contributed by atoms with E-state index in [1.54, 1.807) is 27.0 Å². The minimum absolute atomic E-state index is 0.0863. The zero-order valence-electron chi connectivity index (χ0n) is 31.7. The van der Waals surface area contributed by atoms with Crippen LogP contribution in [0.25, 0.3) is 33.8 Å². The maximum Gasteiger partial charge on any atom is 0.298 e. The Morgan fingerprint density at radius 2 is 1.81 bits per heavy atom. The number of aromatic amines is 1. The average Bonchev–Trinajstić information content (AvgIpc) is 3.50. The van der Waals surface area contributed by atoms with Crippen LogP contribution in [0.2, 0.25) is 0 Å². The van der Waals surface area contributed by atoms with Crippen LogP contribution in [0.3, 0.4) is 0 Å². The number of ether oxygens (including phenoxy) is 1. The molecule has 2 saturated heterocycles. The lowest BCUT2D eigenvalue weighted by Gasteiger charge is -2.33. The highest BCUT2D eigenvalue weighted by Crippen LogP contribution is 2.48. The predicted octanol–water partition coefficient (Wildman–Crippen LogP) is 6.26. The van der Waals surface area contributed by atoms with Gasteiger partial charge in [-0.15, -0.1) is 0 Å². The predicted molar refractivity (Wildman–Crippen MR) is 209 cm³/mol. The number of H-pyrrole nitrogens is 1. The average molecular weight is 752 g/mol. The van der Waals surface area contributed by atoms with Gasteiger partial charge < -0.3 is 14.2 Å². The molecular formula is C42H51N6O5S+. The van der Waals surface area contributed by atoms with E-state index in [1.807, 2.05) is 24.5 Å². The van der Waals surface area contributed by atoms with Gasteiger partial charge in [-0.2, -0.15) is 0 Å². The van der Waals surface area contributed by atoms with Crippen molar-refractivity contribution in [2.45, 2.75) is 108 Å². The maximum atomic E-state index is 14.8. The number of hydrogen-bond donors (Lipinski definition) is 2. The summed E-state index contributed by atoms with van der Waals surface area (Å²) < 4.78 is 38.1. The molecule has 9 rings (SSSR count). The molecule has 54 heavy (non-hydrogen) atoms. The number of allylic oxidation sites excluding steroid dienone is 1. The second kappa shape index (κ2) is 13.4. The van der Waals surface area contributed by atoms with Crippen LogP contribution in [0.5, 0.6) is 5.75 Å². The number of amides is 2. The van der Waals surface area contributed by atoms with Crippen molar-refractivity contribution in [2.75, 3.05) is 26.7 Å². The second-order valence-electron chi connectivity index (χ2n) is 16.3. The van der Waals surface area contributed by atoms with E-state index < -0.39 is 21.2 Å². The highest BCUT2D eigenvalue weighted by atomic mass is 32.2. The summed E-state index contributed by atoms with van der Waals surface area (Å²) in [5.74, 6) is 0.535. The molecule has 2 bridgehead atoms. The van der Waals surface area contributed by atoms with Crippen LogP contribution in [-0.4, -0.2) is 83.7 Å². The summed E-state index contributed by atoms with van der Waals surface area (Å²) in [5.41, 5.74) is 8.14. The normalized spacial score (nSPS) is 21.6. The minimum atomic E-state index is -3.83. The Morgan fingerprint density at radius 3 is 2.50 bits per heavy atom. The molecule has 2 saturated carbocycles. The Bertz CT molecular complexity index is 2310. The van der Waals surface area contributed by atoms with Crippen LogP contribution >= 0.6 is 0 Å². The number of piperazine rings is 1. The Morgan fingerprint density at radius 1 is 1.02 bits per heavy atom. The van der Waals surface area contributed by atoms with Crippen molar-refractivity contribution in [1.82, 2.24) is 24.1 Å². The first-order valence-corrected chi connectivity index (χ1v) is 21.4. The van der Waals surface area contributed by atoms with Crippen LogP contribution in [0.1, 0.15) is 122 Å². The van der Waals surface area contributed by atoms with E-state index >= 15 is 0 Å². The second-order valence-corrected chi connectivity index (χ2v) is 18.5. The van der Waals surface area contributed by atoms with Gasteiger partial charge in [-0.1, -0.05) is 32.3 Å². The third kappa shape index (κ3) is 5.87. The quantitative estimate of drug-likeness (QED) is 0.195. The van der Waals surface area contributed by atoms with Crippen molar-refractivity contribution >= 4 is 44.4 Å². The lowest BCUT2D eigenvalue weighted by atomic mass is 9.81. The number of benzene rings is 2. The molecule has 2 amide bonds. The smallest absolute Gasteiger partial charge is 0.298 e. The molecule has 3 aliphatic heterocycles. The summed E-state index contributed by atoms with van der Waals surface area (Å²) in [6.45, 7) is 8.44. The molecular weight excluding hydrogens is 701 g/mol. The Hall–Kier alpha value is -4.42. The van der Waals surface area contributed by atoms with Crippen LogP contribution in [0.4, 0.5) is 0 Å². The molecule has 5 aliphatic rings. The number of methoxy groups -OCH3 is 1. The Kier molecular flexibility index (Phi) is 8.76. The molecule has 12 heteroatoms. The lowest BCUT2D eigenvalue weighted by Crippen LogP contribution is -2.51. The number of carbonyl (C=O) groups is 2. The molecule has 2 atom stereocenters. The third-order valence-corrected chi connectivity index (χ3v) is 14.4. The van der Waals surface area contributed by atoms with E-state index in [0.29, 0.717) is 30.1 Å². The number of rotatable bonds is 9. The van der Waals surface area contributed by atoms with Gasteiger partial charge in [0.1, 0.15) is 11.8 Å². The molecule has 2 aliphatic carbocycles. The largest absolute Gasteiger partial charge is 0.497 e. The zero-order chi connectivity index (χ0) is 37.5. The van der Waals surface area contributed by atoms with E-state index in [4.69, 9.17) is 4.74 Å². The molecule has 2 unspecified atom stereocenters. The van der Waals surface area contributed by atoms with Crippen LogP contribution in [0.15, 0.2) is 42.7 Å². The molecule has 2 aromatic carbocycles. The van der Waals surface area contributed by atoms with Gasteiger partial charge in [0.25, 0.3) is 11.8 Å². The minimum Gasteiger partial charge on any atom is -0.497 e. The van der Waals surface area contributed by atoms with E-state index in [2.05, 4.69) is 53.8 Å². The van der Waals surface area contributed by atoms with Gasteiger partial charge >= 0.3 is 0 Å². The number of nitrogens with one attached hydrogen (secondary N) is 2. The maximum absolute atomic E-state index is 14.8. The molecule has 4 fully saturated rings. The van der Waals surface area contributed by atoms with Gasteiger partial charge in [-0.05, 0) is 106 Å². The van der Waals surface area contributed by atoms with E-state index in [9.17, 15) is 18.0 Å². The molecule has 11 nitrogen and oxygen atoms in total. The SMILES string of the molecule is CCN1CC2CC1CN2C(=O)c1c(C2=Cc3cc(OC)ccc3-c3c(C4CCCCC4)c4ccc(C(=O)NS(=O)(=O)C(C)C)cc4n3C2)[nH]c[n+]1C1CC1. The number of aromatic nitrogens is 3. The first kappa shape index (κ1) is 35.3. The number of fused-ring (bicyclic) bond motifs is 7. The summed E-state index contributed by atoms with van der Waals surface area (Å²) >= 11 is 0. The Balaban J connectivity index is 1.22. The number of likely N-dealkylation sites (N-methyl/N-ethyl adjacent to an activating group) is 1. The molecule has 284 valence electrons. The van der Waals surface area contributed by atoms with Crippen LogP contribution < -0.4 is 14.0 Å². The molecule has 5 heterocycles. The topological polar surface area (TPSA) is 121 Å². The van der Waals surface area contributed by atoms with Gasteiger partial charge in [-0.3, -0.25) is 14.5 Å². The third-order valence-electron chi connectivity index (χ3n) is 12.7. The van der Waals surface area contributed by atoms with Gasteiger partial charge in [0.15, 0.2) is 5.69 Å². The number of sulfonamides is 1. The van der Waals surface area contributed by atoms with Crippen molar-refractivity contribution in [3.63, 3.8) is 0 Å². The van der Waals surface area contributed by atoms with Crippen molar-refractivity contribution < 1.29 is 27.3 Å². The van der Waals surface area contributed by atoms with Crippen LogP contribution in [0, 0.1) is 0 Å². The first-order valence-electron chi connectivity index (χ1n) is 19.8. The monoisotopic (exact) mass is 751 g/mol. The zero-order valence-corrected chi connectivity index (χ0v) is 32.5. The summed E-state index contributed by atoms with van der Waals surface area (Å²) in [6, 6.07) is 12.8. The van der Waals surface area contributed by atoms with Crippen molar-refractivity contribution in [3.8, 4) is 17.0 Å². The number of imidazole rings is 1. The first-order chi connectivity index (χ1) is 26.1. The number of hydrogen-bond acceptors (Lipinski definition) is 6. The standard InChI is InChI=1S/C42H50N6O5S/c1-5-45-22-32-20-31(45)23-46(32)42(50)40-38(43-24-48(40)30-12-13-30)29-17-28-18-33(53-4)14-16-34(28)39-37(26-9-7-6-8-10-26)35-15-11-27(19-36(35)47(39)21-29)41(49)44-54(51,52)25(2)3/h11,14-19,24-26,30-32H,5-10,12-13,20-23H2,1-4H3,(H,44,49)/p+1. The Labute approximate surface area is 317 Å². The lowest BCUT2D eigenvalue weighted by molar-refractivity contribution is -0.701. The molecule has 0 spiro atoms. The number of nitrogens with zero attached hydrogens (tertiary/aromatic N) is 4. The van der Waals surface area contributed by atoms with Gasteiger partial charge in [0, 0.05) is 52.8 Å². The van der Waals surface area contributed by atoms with Gasteiger partial charge in [0.2, 0.25) is 22.0 Å². The van der Waals surface area contributed by atoms with E-state index in [0.717, 1.165) is 115 Å². The van der Waals surface area contributed by atoms with E-state index in [1.165, 1.54) is 12.0 Å². The van der Waals surface area contributed by atoms with Crippen molar-refractivity contribution in [1.29, 1.82) is 0 Å². The fourth-order valence-electron chi connectivity index (χ4n) is 9.66. The number of likely N-dealkylation sites (tertiary alicyclic amines) is 2. The highest BCUT2D eigenvalue weighted by molar-refractivity contribution is 7.90. The summed E-state index contributed by atoms with van der Waals surface area (Å²) in [5, 5.41) is 0.332. The van der Waals surface area contributed by atoms with Crippen molar-refractivity contribution in [3.05, 3.63) is 70.8 Å². The molecule has 2 N–H and O–H groups in total. The van der Waals surface area contributed by atoms with Crippen molar-refractivity contribution in [2.24, 2.45) is 0 Å². The summed E-state index contributed by atoms with van der Waals surface area (Å²) in [4.78, 5) is 36.6. The summed E-state index contributed by atoms with van der Waals surface area (Å²) in [7, 11) is -2.14. The molecule has 4 aromatic rings. The van der Waals surface area contributed by atoms with E-state index in [-0.39, 0.29) is 11.9 Å². The fourth-order valence-corrected chi connectivity index (χ4v) is 10.3. The molecule has 2 aromatic heterocycles. The molecule has 0 radical (unpaired) electrons. The van der Waals surface area contributed by atoms with Crippen LogP contribution in [-0.2, 0) is 16.6 Å². The van der Waals surface area contributed by atoms with Gasteiger partial charge in [-0.25, -0.2) is 22.7 Å². The number of carbonyl (C=O) groups excluding carboxylic acids is 2. The highest BCUT2D eigenvalue weighted by Gasteiger charge is 2.48. The van der Waals surface area contributed by atoms with Gasteiger partial charge in [0.05, 0.1) is 24.6 Å².